The predicted octanol–water partition coefficient (Wildman–Crippen LogP) is 3.16. The van der Waals surface area contributed by atoms with Crippen molar-refractivity contribution in [3.63, 3.8) is 0 Å². The molecule has 0 atom stereocenters. The van der Waals surface area contributed by atoms with Gasteiger partial charge in [-0.25, -0.2) is 0 Å². The average molecular weight is 428 g/mol. The summed E-state index contributed by atoms with van der Waals surface area (Å²) in [5.41, 5.74) is 1.40. The van der Waals surface area contributed by atoms with Crippen LogP contribution in [0.3, 0.4) is 0 Å². The van der Waals surface area contributed by atoms with Gasteiger partial charge >= 0.3 is 0 Å². The van der Waals surface area contributed by atoms with E-state index in [0.29, 0.717) is 30.0 Å². The first-order chi connectivity index (χ1) is 14.4. The Morgan fingerprint density at radius 3 is 2.63 bits per heavy atom. The maximum Gasteiger partial charge on any atom is 0.292 e. The minimum absolute atomic E-state index is 0.0665. The molecule has 0 spiro atoms. The third kappa shape index (κ3) is 4.64. The zero-order chi connectivity index (χ0) is 21.7. The molecule has 3 aromatic rings. The van der Waals surface area contributed by atoms with Crippen LogP contribution < -0.4 is 16.2 Å². The van der Waals surface area contributed by atoms with Crippen LogP contribution in [-0.2, 0) is 6.54 Å². The number of carbonyl (C=O) groups excluding carboxylic acids is 1. The van der Waals surface area contributed by atoms with Crippen molar-refractivity contribution in [2.24, 2.45) is 0 Å². The number of nitrogens with zero attached hydrogens (tertiary/aromatic N) is 3. The molecule has 9 nitrogen and oxygen atoms in total. The van der Waals surface area contributed by atoms with Crippen molar-refractivity contribution >= 4 is 28.9 Å². The quantitative estimate of drug-likeness (QED) is 0.441. The standard InChI is InChI=1S/C20H18ClN5O4/c1-2-22-19(27)14-5-3-4-13(10-14)11-23-17-12-24-25(20(28)18(17)21)15-6-8-16(9-7-15)26(29)30/h3-10,12,23H,2,11H2,1H3,(H,22,27). The number of amides is 1. The molecule has 1 heterocycles. The van der Waals surface area contributed by atoms with Crippen molar-refractivity contribution in [3.05, 3.63) is 91.3 Å². The molecule has 1 amide bonds. The van der Waals surface area contributed by atoms with E-state index in [0.717, 1.165) is 10.2 Å². The smallest absolute Gasteiger partial charge is 0.292 e. The predicted molar refractivity (Wildman–Crippen MR) is 113 cm³/mol. The van der Waals surface area contributed by atoms with Gasteiger partial charge in [0.1, 0.15) is 5.02 Å². The van der Waals surface area contributed by atoms with Gasteiger partial charge in [0.15, 0.2) is 0 Å². The molecule has 0 bridgehead atoms. The molecule has 10 heteroatoms. The first kappa shape index (κ1) is 21.0. The molecule has 0 aliphatic carbocycles. The minimum Gasteiger partial charge on any atom is -0.378 e. The lowest BCUT2D eigenvalue weighted by molar-refractivity contribution is -0.384. The highest BCUT2D eigenvalue weighted by Gasteiger charge is 2.12. The topological polar surface area (TPSA) is 119 Å². The van der Waals surface area contributed by atoms with Gasteiger partial charge in [-0.15, -0.1) is 0 Å². The van der Waals surface area contributed by atoms with Gasteiger partial charge in [0.05, 0.1) is 22.5 Å². The van der Waals surface area contributed by atoms with Crippen molar-refractivity contribution in [3.8, 4) is 5.69 Å². The number of hydrogen-bond donors (Lipinski definition) is 2. The van der Waals surface area contributed by atoms with E-state index in [1.54, 1.807) is 18.2 Å². The van der Waals surface area contributed by atoms with Gasteiger partial charge in [-0.2, -0.15) is 9.78 Å². The molecule has 2 N–H and O–H groups in total. The maximum absolute atomic E-state index is 12.6. The van der Waals surface area contributed by atoms with Crippen LogP contribution in [-0.4, -0.2) is 27.2 Å². The number of rotatable bonds is 7. The second-order valence-corrected chi connectivity index (χ2v) is 6.65. The van der Waals surface area contributed by atoms with Gasteiger partial charge in [-0.3, -0.25) is 19.7 Å². The van der Waals surface area contributed by atoms with Crippen molar-refractivity contribution in [2.45, 2.75) is 13.5 Å². The lowest BCUT2D eigenvalue weighted by atomic mass is 10.1. The number of aromatic nitrogens is 2. The van der Waals surface area contributed by atoms with E-state index in [1.807, 2.05) is 13.0 Å². The number of non-ortho nitro benzene ring substituents is 1. The molecule has 0 saturated heterocycles. The van der Waals surface area contributed by atoms with Crippen LogP contribution in [0.1, 0.15) is 22.8 Å². The molecular formula is C20H18ClN5O4. The molecule has 0 radical (unpaired) electrons. The van der Waals surface area contributed by atoms with Crippen molar-refractivity contribution in [1.82, 2.24) is 15.1 Å². The Morgan fingerprint density at radius 1 is 1.23 bits per heavy atom. The molecule has 3 rings (SSSR count). The van der Waals surface area contributed by atoms with Gasteiger partial charge in [0.2, 0.25) is 0 Å². The first-order valence-corrected chi connectivity index (χ1v) is 9.42. The Balaban J connectivity index is 1.78. The first-order valence-electron chi connectivity index (χ1n) is 9.04. The number of hydrogen-bond acceptors (Lipinski definition) is 6. The molecular weight excluding hydrogens is 410 g/mol. The van der Waals surface area contributed by atoms with Crippen LogP contribution in [0.15, 0.2) is 59.5 Å². The highest BCUT2D eigenvalue weighted by molar-refractivity contribution is 6.32. The zero-order valence-electron chi connectivity index (χ0n) is 16.0. The minimum atomic E-state index is -0.563. The summed E-state index contributed by atoms with van der Waals surface area (Å²) < 4.78 is 1.06. The molecule has 0 aliphatic rings. The van der Waals surface area contributed by atoms with E-state index in [1.165, 1.54) is 30.5 Å². The van der Waals surface area contributed by atoms with Gasteiger partial charge in [-0.05, 0) is 36.8 Å². The Bertz CT molecular complexity index is 1140. The molecule has 2 aromatic carbocycles. The molecule has 154 valence electrons. The van der Waals surface area contributed by atoms with E-state index in [4.69, 9.17) is 11.6 Å². The SMILES string of the molecule is CCNC(=O)c1cccc(CNc2cnn(-c3ccc([N+](=O)[O-])cc3)c(=O)c2Cl)c1. The summed E-state index contributed by atoms with van der Waals surface area (Å²) in [6.45, 7) is 2.71. The Labute approximate surface area is 176 Å². The third-order valence-electron chi connectivity index (χ3n) is 4.23. The summed E-state index contributed by atoms with van der Waals surface area (Å²) in [5, 5.41) is 20.6. The number of benzene rings is 2. The fourth-order valence-corrected chi connectivity index (χ4v) is 2.93. The number of anilines is 1. The highest BCUT2D eigenvalue weighted by atomic mass is 35.5. The van der Waals surface area contributed by atoms with Crippen LogP contribution in [0.5, 0.6) is 0 Å². The summed E-state index contributed by atoms with van der Waals surface area (Å²) >= 11 is 6.21. The summed E-state index contributed by atoms with van der Waals surface area (Å²) in [4.78, 5) is 34.8. The van der Waals surface area contributed by atoms with Crippen molar-refractivity contribution in [1.29, 1.82) is 0 Å². The number of nitro groups is 1. The van der Waals surface area contributed by atoms with E-state index in [2.05, 4.69) is 15.7 Å². The lowest BCUT2D eigenvalue weighted by Crippen LogP contribution is -2.23. The van der Waals surface area contributed by atoms with E-state index < -0.39 is 10.5 Å². The fraction of sp³-hybridized carbons (Fsp3) is 0.150. The van der Waals surface area contributed by atoms with Gasteiger partial charge in [0, 0.05) is 30.8 Å². The Hall–Kier alpha value is -3.72. The van der Waals surface area contributed by atoms with Gasteiger partial charge in [0.25, 0.3) is 17.2 Å². The van der Waals surface area contributed by atoms with Crippen LogP contribution >= 0.6 is 11.6 Å². The highest BCUT2D eigenvalue weighted by Crippen LogP contribution is 2.19. The molecule has 1 aromatic heterocycles. The van der Waals surface area contributed by atoms with E-state index in [-0.39, 0.29) is 16.6 Å². The molecule has 0 aliphatic heterocycles. The summed E-state index contributed by atoms with van der Waals surface area (Å²) in [7, 11) is 0. The van der Waals surface area contributed by atoms with Crippen LogP contribution in [0.4, 0.5) is 11.4 Å². The number of halogens is 1. The van der Waals surface area contributed by atoms with Crippen LogP contribution in [0.25, 0.3) is 5.69 Å². The number of nitro benzene ring substituents is 1. The summed E-state index contributed by atoms with van der Waals surface area (Å²) in [6.07, 6.45) is 1.40. The molecule has 0 saturated carbocycles. The van der Waals surface area contributed by atoms with Gasteiger partial charge < -0.3 is 10.6 Å². The van der Waals surface area contributed by atoms with E-state index >= 15 is 0 Å². The average Bonchev–Trinajstić information content (AvgIpc) is 2.75. The van der Waals surface area contributed by atoms with Crippen LogP contribution in [0.2, 0.25) is 5.02 Å². The van der Waals surface area contributed by atoms with Crippen molar-refractivity contribution < 1.29 is 9.72 Å². The van der Waals surface area contributed by atoms with E-state index in [9.17, 15) is 19.7 Å². The molecule has 0 fully saturated rings. The third-order valence-corrected chi connectivity index (χ3v) is 4.60. The molecule has 30 heavy (non-hydrogen) atoms. The van der Waals surface area contributed by atoms with Crippen LogP contribution in [0, 0.1) is 10.1 Å². The Kier molecular flexibility index (Phi) is 6.43. The molecule has 0 unspecified atom stereocenters. The number of carbonyl (C=O) groups is 1. The lowest BCUT2D eigenvalue weighted by Gasteiger charge is -2.11. The largest absolute Gasteiger partial charge is 0.378 e. The fourth-order valence-electron chi connectivity index (χ4n) is 2.74. The Morgan fingerprint density at radius 2 is 1.97 bits per heavy atom. The summed E-state index contributed by atoms with van der Waals surface area (Å²) in [6, 6.07) is 12.5. The second-order valence-electron chi connectivity index (χ2n) is 6.28. The van der Waals surface area contributed by atoms with Crippen molar-refractivity contribution in [2.75, 3.05) is 11.9 Å². The maximum atomic E-state index is 12.6. The second kappa shape index (κ2) is 9.19. The van der Waals surface area contributed by atoms with Gasteiger partial charge in [-0.1, -0.05) is 23.7 Å². The zero-order valence-corrected chi connectivity index (χ0v) is 16.7. The normalized spacial score (nSPS) is 10.5. The number of nitrogens with one attached hydrogen (secondary N) is 2. The summed E-state index contributed by atoms with van der Waals surface area (Å²) in [5.74, 6) is -0.162. The monoisotopic (exact) mass is 427 g/mol.